The Balaban J connectivity index is 0.00000132. The lowest BCUT2D eigenvalue weighted by Gasteiger charge is -2.06. The third-order valence-corrected chi connectivity index (χ3v) is 3.62. The summed E-state index contributed by atoms with van der Waals surface area (Å²) in [7, 11) is 1.60. The van der Waals surface area contributed by atoms with Crippen molar-refractivity contribution in [2.75, 3.05) is 7.11 Å². The molecule has 0 unspecified atom stereocenters. The van der Waals surface area contributed by atoms with Crippen LogP contribution in [0.4, 0.5) is 0 Å². The van der Waals surface area contributed by atoms with Gasteiger partial charge in [-0.2, -0.15) is 0 Å². The zero-order chi connectivity index (χ0) is 14.8. The minimum absolute atomic E-state index is 0. The van der Waals surface area contributed by atoms with Crippen molar-refractivity contribution in [1.82, 2.24) is 19.1 Å². The summed E-state index contributed by atoms with van der Waals surface area (Å²) in [4.78, 5) is 8.63. The topological polar surface area (TPSA) is 44.9 Å². The Bertz CT molecular complexity index is 770. The van der Waals surface area contributed by atoms with Crippen LogP contribution in [0.2, 0.25) is 5.02 Å². The van der Waals surface area contributed by atoms with Crippen LogP contribution in [-0.2, 0) is 6.54 Å². The van der Waals surface area contributed by atoms with Gasteiger partial charge < -0.3 is 13.9 Å². The van der Waals surface area contributed by atoms with Crippen molar-refractivity contribution < 1.29 is 4.74 Å². The molecule has 1 aromatic carbocycles. The molecular weight excluding hydrogens is 359 g/mol. The number of aryl methyl sites for hydroxylation is 1. The zero-order valence-electron chi connectivity index (χ0n) is 12.6. The van der Waals surface area contributed by atoms with E-state index in [0.29, 0.717) is 17.3 Å². The summed E-state index contributed by atoms with van der Waals surface area (Å²) in [5.41, 5.74) is 1.91. The number of rotatable bonds is 4. The smallest absolute Gasteiger partial charge is 0.137 e. The SMILES string of the molecule is COc1ccc(-n2cnc(Cn3ccnc3C)c2)cc1Cl.Cl.Cl. The third kappa shape index (κ3) is 4.19. The molecule has 8 heteroatoms. The number of halogens is 3. The van der Waals surface area contributed by atoms with Crippen molar-refractivity contribution >= 4 is 36.4 Å². The van der Waals surface area contributed by atoms with Gasteiger partial charge in [-0.25, -0.2) is 9.97 Å². The van der Waals surface area contributed by atoms with Crippen LogP contribution in [0, 0.1) is 6.92 Å². The zero-order valence-corrected chi connectivity index (χ0v) is 15.0. The van der Waals surface area contributed by atoms with E-state index in [4.69, 9.17) is 16.3 Å². The second kappa shape index (κ2) is 8.24. The van der Waals surface area contributed by atoms with Crippen LogP contribution >= 0.6 is 36.4 Å². The van der Waals surface area contributed by atoms with E-state index in [1.807, 2.05) is 46.7 Å². The first-order valence-corrected chi connectivity index (χ1v) is 6.89. The van der Waals surface area contributed by atoms with Crippen molar-refractivity contribution in [3.63, 3.8) is 0 Å². The van der Waals surface area contributed by atoms with E-state index >= 15 is 0 Å². The number of imidazole rings is 2. The molecule has 23 heavy (non-hydrogen) atoms. The quantitative estimate of drug-likeness (QED) is 0.694. The van der Waals surface area contributed by atoms with Gasteiger partial charge in [-0.05, 0) is 25.1 Å². The van der Waals surface area contributed by atoms with Crippen molar-refractivity contribution in [3.05, 3.63) is 59.7 Å². The van der Waals surface area contributed by atoms with Gasteiger partial charge in [-0.15, -0.1) is 24.8 Å². The molecule has 0 aliphatic rings. The molecule has 0 bridgehead atoms. The molecule has 0 aliphatic carbocycles. The van der Waals surface area contributed by atoms with Crippen LogP contribution in [0.15, 0.2) is 43.1 Å². The molecule has 124 valence electrons. The predicted molar refractivity (Wildman–Crippen MR) is 95.7 cm³/mol. The fourth-order valence-electron chi connectivity index (χ4n) is 2.15. The van der Waals surface area contributed by atoms with E-state index in [-0.39, 0.29) is 24.8 Å². The molecule has 0 saturated carbocycles. The largest absolute Gasteiger partial charge is 0.495 e. The molecule has 0 aliphatic heterocycles. The Morgan fingerprint density at radius 2 is 2.00 bits per heavy atom. The van der Waals surface area contributed by atoms with Gasteiger partial charge in [0.15, 0.2) is 0 Å². The lowest BCUT2D eigenvalue weighted by atomic mass is 10.3. The first kappa shape index (κ1) is 19.4. The number of hydrogen-bond acceptors (Lipinski definition) is 3. The van der Waals surface area contributed by atoms with E-state index in [1.54, 1.807) is 19.6 Å². The lowest BCUT2D eigenvalue weighted by molar-refractivity contribution is 0.415. The Morgan fingerprint density at radius 1 is 1.22 bits per heavy atom. The highest BCUT2D eigenvalue weighted by atomic mass is 35.5. The molecule has 0 atom stereocenters. The van der Waals surface area contributed by atoms with Crippen molar-refractivity contribution in [1.29, 1.82) is 0 Å². The molecule has 0 spiro atoms. The molecule has 0 N–H and O–H groups in total. The first-order valence-electron chi connectivity index (χ1n) is 6.52. The average Bonchev–Trinajstić information content (AvgIpc) is 3.09. The van der Waals surface area contributed by atoms with Gasteiger partial charge >= 0.3 is 0 Å². The maximum absolute atomic E-state index is 6.15. The van der Waals surface area contributed by atoms with Crippen LogP contribution in [0.5, 0.6) is 5.75 Å². The van der Waals surface area contributed by atoms with Crippen molar-refractivity contribution in [2.24, 2.45) is 0 Å². The third-order valence-electron chi connectivity index (χ3n) is 3.33. The number of ether oxygens (including phenoxy) is 1. The van der Waals surface area contributed by atoms with E-state index in [9.17, 15) is 0 Å². The summed E-state index contributed by atoms with van der Waals surface area (Å²) in [6, 6.07) is 5.64. The fourth-order valence-corrected chi connectivity index (χ4v) is 2.40. The van der Waals surface area contributed by atoms with E-state index < -0.39 is 0 Å². The average molecular weight is 376 g/mol. The van der Waals surface area contributed by atoms with Crippen LogP contribution in [0.1, 0.15) is 11.5 Å². The minimum atomic E-state index is 0. The highest BCUT2D eigenvalue weighted by molar-refractivity contribution is 6.32. The number of hydrogen-bond donors (Lipinski definition) is 0. The molecule has 0 radical (unpaired) electrons. The highest BCUT2D eigenvalue weighted by Crippen LogP contribution is 2.26. The number of aromatic nitrogens is 4. The Labute approximate surface area is 152 Å². The van der Waals surface area contributed by atoms with E-state index in [2.05, 4.69) is 9.97 Å². The number of methoxy groups -OCH3 is 1. The highest BCUT2D eigenvalue weighted by Gasteiger charge is 2.06. The summed E-state index contributed by atoms with van der Waals surface area (Å²) in [5, 5.41) is 0.579. The summed E-state index contributed by atoms with van der Waals surface area (Å²) in [5.74, 6) is 1.63. The minimum Gasteiger partial charge on any atom is -0.495 e. The van der Waals surface area contributed by atoms with Gasteiger partial charge in [0.2, 0.25) is 0 Å². The Kier molecular flexibility index (Phi) is 6.94. The van der Waals surface area contributed by atoms with Crippen LogP contribution < -0.4 is 4.74 Å². The second-order valence-electron chi connectivity index (χ2n) is 4.69. The van der Waals surface area contributed by atoms with Crippen LogP contribution in [0.25, 0.3) is 5.69 Å². The fraction of sp³-hybridized carbons (Fsp3) is 0.200. The van der Waals surface area contributed by atoms with E-state index in [1.165, 1.54) is 0 Å². The second-order valence-corrected chi connectivity index (χ2v) is 5.10. The summed E-state index contributed by atoms with van der Waals surface area (Å²) >= 11 is 6.15. The van der Waals surface area contributed by atoms with Gasteiger partial charge in [0.1, 0.15) is 11.6 Å². The lowest BCUT2D eigenvalue weighted by Crippen LogP contribution is -2.00. The number of nitrogens with zero attached hydrogens (tertiary/aromatic N) is 4. The van der Waals surface area contributed by atoms with Gasteiger partial charge in [-0.3, -0.25) is 0 Å². The summed E-state index contributed by atoms with van der Waals surface area (Å²) in [6.45, 7) is 2.67. The molecule has 2 aromatic heterocycles. The van der Waals surface area contributed by atoms with E-state index in [0.717, 1.165) is 17.2 Å². The Hall–Kier alpha value is -1.69. The maximum Gasteiger partial charge on any atom is 0.137 e. The first-order chi connectivity index (χ1) is 10.2. The maximum atomic E-state index is 6.15. The molecule has 3 aromatic rings. The molecule has 2 heterocycles. The van der Waals surface area contributed by atoms with Crippen LogP contribution in [-0.4, -0.2) is 26.2 Å². The molecule has 0 saturated heterocycles. The normalized spacial score (nSPS) is 9.87. The number of benzene rings is 1. The standard InChI is InChI=1S/C15H15ClN4O.2ClH/c1-11-17-5-6-19(11)8-12-9-20(10-18-12)13-3-4-15(21-2)14(16)7-13;;/h3-7,9-10H,8H2,1-2H3;2*1H. The Morgan fingerprint density at radius 3 is 2.61 bits per heavy atom. The van der Waals surface area contributed by atoms with Crippen LogP contribution in [0.3, 0.4) is 0 Å². The van der Waals surface area contributed by atoms with Gasteiger partial charge in [-0.1, -0.05) is 11.6 Å². The summed E-state index contributed by atoms with van der Waals surface area (Å²) < 4.78 is 9.14. The van der Waals surface area contributed by atoms with Gasteiger partial charge in [0, 0.05) is 24.3 Å². The summed E-state index contributed by atoms with van der Waals surface area (Å²) in [6.07, 6.45) is 7.49. The monoisotopic (exact) mass is 374 g/mol. The predicted octanol–water partition coefficient (Wildman–Crippen LogP) is 3.93. The van der Waals surface area contributed by atoms with Crippen molar-refractivity contribution in [2.45, 2.75) is 13.5 Å². The molecular formula is C15H17Cl3N4O. The molecule has 0 amide bonds. The van der Waals surface area contributed by atoms with Gasteiger partial charge in [0.25, 0.3) is 0 Å². The van der Waals surface area contributed by atoms with Gasteiger partial charge in [0.05, 0.1) is 30.7 Å². The molecule has 0 fully saturated rings. The molecule has 3 rings (SSSR count). The van der Waals surface area contributed by atoms with Crippen molar-refractivity contribution in [3.8, 4) is 11.4 Å². The molecule has 5 nitrogen and oxygen atoms in total.